The van der Waals surface area contributed by atoms with Gasteiger partial charge >= 0.3 is 0 Å². The average Bonchev–Trinajstić information content (AvgIpc) is 3.32. The summed E-state index contributed by atoms with van der Waals surface area (Å²) < 4.78 is 1.99. The van der Waals surface area contributed by atoms with Crippen LogP contribution in [-0.2, 0) is 6.54 Å². The Hall–Kier alpha value is -2.89. The van der Waals surface area contributed by atoms with E-state index in [2.05, 4.69) is 28.3 Å². The van der Waals surface area contributed by atoms with Crippen molar-refractivity contribution in [2.24, 2.45) is 0 Å². The van der Waals surface area contributed by atoms with Crippen LogP contribution in [0.5, 0.6) is 0 Å². The Kier molecular flexibility index (Phi) is 4.79. The fraction of sp³-hybridized carbons (Fsp3) is 0.381. The number of rotatable bonds is 4. The largest absolute Gasteiger partial charge is 0.338 e. The van der Waals surface area contributed by atoms with Gasteiger partial charge in [-0.05, 0) is 56.5 Å². The van der Waals surface area contributed by atoms with Crippen LogP contribution >= 0.6 is 0 Å². The van der Waals surface area contributed by atoms with E-state index in [0.717, 1.165) is 60.7 Å². The number of carbonyl (C=O) groups excluding carboxylic acids is 1. The van der Waals surface area contributed by atoms with Gasteiger partial charge in [0.1, 0.15) is 0 Å². The van der Waals surface area contributed by atoms with Crippen LogP contribution in [0.25, 0.3) is 0 Å². The monoisotopic (exact) mass is 363 g/mol. The van der Waals surface area contributed by atoms with Crippen LogP contribution in [0, 0.1) is 13.8 Å². The zero-order chi connectivity index (χ0) is 18.8. The molecule has 2 aromatic heterocycles. The molecule has 1 aromatic carbocycles. The van der Waals surface area contributed by atoms with E-state index < -0.39 is 0 Å². The van der Waals surface area contributed by atoms with E-state index in [1.54, 1.807) is 6.20 Å². The minimum Gasteiger partial charge on any atom is -0.338 e. The van der Waals surface area contributed by atoms with Crippen molar-refractivity contribution in [3.63, 3.8) is 0 Å². The highest BCUT2D eigenvalue weighted by atomic mass is 16.2. The number of amides is 1. The molecule has 1 N–H and O–H groups in total. The zero-order valence-corrected chi connectivity index (χ0v) is 15.9. The molecule has 140 valence electrons. The van der Waals surface area contributed by atoms with Crippen LogP contribution in [0.3, 0.4) is 0 Å². The minimum absolute atomic E-state index is 0.108. The molecule has 1 fully saturated rings. The Morgan fingerprint density at radius 3 is 2.70 bits per heavy atom. The van der Waals surface area contributed by atoms with E-state index in [4.69, 9.17) is 0 Å². The third kappa shape index (κ3) is 3.79. The maximum atomic E-state index is 12.9. The molecule has 0 unspecified atom stereocenters. The van der Waals surface area contributed by atoms with E-state index in [1.807, 2.05) is 46.8 Å². The van der Waals surface area contributed by atoms with Gasteiger partial charge in [0, 0.05) is 42.2 Å². The predicted octanol–water partition coefficient (Wildman–Crippen LogP) is 3.29. The Morgan fingerprint density at radius 1 is 1.22 bits per heavy atom. The fourth-order valence-electron chi connectivity index (χ4n) is 3.85. The summed E-state index contributed by atoms with van der Waals surface area (Å²) in [5, 5.41) is 11.6. The summed E-state index contributed by atoms with van der Waals surface area (Å²) in [4.78, 5) is 14.9. The molecule has 3 heterocycles. The molecule has 4 rings (SSSR count). The van der Waals surface area contributed by atoms with Gasteiger partial charge in [-0.1, -0.05) is 12.1 Å². The van der Waals surface area contributed by atoms with Crippen molar-refractivity contribution in [1.29, 1.82) is 0 Å². The number of H-pyrrole nitrogens is 1. The molecular weight excluding hydrogens is 338 g/mol. The second-order valence-corrected chi connectivity index (χ2v) is 7.38. The van der Waals surface area contributed by atoms with Gasteiger partial charge in [-0.2, -0.15) is 10.2 Å². The molecule has 1 saturated heterocycles. The molecular formula is C21H25N5O. The summed E-state index contributed by atoms with van der Waals surface area (Å²) in [6.07, 6.45) is 3.89. The summed E-state index contributed by atoms with van der Waals surface area (Å²) in [7, 11) is 0. The number of nitrogens with zero attached hydrogens (tertiary/aromatic N) is 4. The second kappa shape index (κ2) is 7.39. The number of aryl methyl sites for hydroxylation is 2. The predicted molar refractivity (Wildman–Crippen MR) is 104 cm³/mol. The topological polar surface area (TPSA) is 66.8 Å². The standard InChI is InChI=1S/C21H25N5O/c1-15-12-16(2)26(24-15)13-17-5-7-18(8-6-17)21(27)25-11-3-4-19(14-25)20-9-10-22-23-20/h5-10,12,19H,3-4,11,13-14H2,1-2H3,(H,22,23)/t19-/m1/s1. The van der Waals surface area contributed by atoms with Gasteiger partial charge < -0.3 is 4.90 Å². The highest BCUT2D eigenvalue weighted by Gasteiger charge is 2.26. The number of nitrogens with one attached hydrogen (secondary N) is 1. The number of likely N-dealkylation sites (tertiary alicyclic amines) is 1. The van der Waals surface area contributed by atoms with Crippen LogP contribution in [0.1, 0.15) is 51.8 Å². The molecule has 3 aromatic rings. The molecule has 0 spiro atoms. The maximum Gasteiger partial charge on any atom is 0.253 e. The van der Waals surface area contributed by atoms with Crippen molar-refractivity contribution >= 4 is 5.91 Å². The van der Waals surface area contributed by atoms with Crippen molar-refractivity contribution in [2.75, 3.05) is 13.1 Å². The van der Waals surface area contributed by atoms with Gasteiger partial charge in [0.2, 0.25) is 0 Å². The Labute approximate surface area is 159 Å². The molecule has 1 atom stereocenters. The normalized spacial score (nSPS) is 17.3. The van der Waals surface area contributed by atoms with Crippen molar-refractivity contribution in [1.82, 2.24) is 24.9 Å². The highest BCUT2D eigenvalue weighted by Crippen LogP contribution is 2.26. The van der Waals surface area contributed by atoms with E-state index in [1.165, 1.54) is 0 Å². The van der Waals surface area contributed by atoms with Gasteiger partial charge in [0.05, 0.1) is 12.2 Å². The van der Waals surface area contributed by atoms with Gasteiger partial charge in [-0.25, -0.2) is 0 Å². The number of aromatic amines is 1. The average molecular weight is 363 g/mol. The Balaban J connectivity index is 1.43. The lowest BCUT2D eigenvalue weighted by Gasteiger charge is -2.32. The number of carbonyl (C=O) groups is 1. The third-order valence-corrected chi connectivity index (χ3v) is 5.31. The van der Waals surface area contributed by atoms with Crippen molar-refractivity contribution in [3.05, 3.63) is 70.8 Å². The van der Waals surface area contributed by atoms with Crippen LogP contribution in [0.2, 0.25) is 0 Å². The number of piperidine rings is 1. The Bertz CT molecular complexity index is 911. The first-order valence-electron chi connectivity index (χ1n) is 9.48. The molecule has 0 aliphatic carbocycles. The summed E-state index contributed by atoms with van der Waals surface area (Å²) >= 11 is 0. The molecule has 0 saturated carbocycles. The lowest BCUT2D eigenvalue weighted by Crippen LogP contribution is -2.39. The van der Waals surface area contributed by atoms with Gasteiger partial charge in [0.25, 0.3) is 5.91 Å². The van der Waals surface area contributed by atoms with E-state index >= 15 is 0 Å². The van der Waals surface area contributed by atoms with Crippen molar-refractivity contribution in [3.8, 4) is 0 Å². The number of benzene rings is 1. The lowest BCUT2D eigenvalue weighted by atomic mass is 9.94. The molecule has 1 amide bonds. The van der Waals surface area contributed by atoms with Crippen molar-refractivity contribution < 1.29 is 4.79 Å². The lowest BCUT2D eigenvalue weighted by molar-refractivity contribution is 0.0706. The maximum absolute atomic E-state index is 12.9. The third-order valence-electron chi connectivity index (χ3n) is 5.31. The first-order chi connectivity index (χ1) is 13.1. The summed E-state index contributed by atoms with van der Waals surface area (Å²) in [6.45, 7) is 6.34. The first-order valence-corrected chi connectivity index (χ1v) is 9.48. The quantitative estimate of drug-likeness (QED) is 0.773. The first kappa shape index (κ1) is 17.5. The van der Waals surface area contributed by atoms with E-state index in [0.29, 0.717) is 5.92 Å². The molecule has 1 aliphatic heterocycles. The van der Waals surface area contributed by atoms with Crippen LogP contribution in [-0.4, -0.2) is 43.9 Å². The second-order valence-electron chi connectivity index (χ2n) is 7.38. The van der Waals surface area contributed by atoms with Gasteiger partial charge in [-0.3, -0.25) is 14.6 Å². The molecule has 6 heteroatoms. The van der Waals surface area contributed by atoms with Crippen molar-refractivity contribution in [2.45, 2.75) is 39.2 Å². The number of hydrogen-bond acceptors (Lipinski definition) is 3. The molecule has 0 radical (unpaired) electrons. The minimum atomic E-state index is 0.108. The SMILES string of the molecule is Cc1cc(C)n(Cc2ccc(C(=O)N3CCC[C@@H](c4ccn[nH]4)C3)cc2)n1. The number of aromatic nitrogens is 4. The van der Waals surface area contributed by atoms with Gasteiger partial charge in [0.15, 0.2) is 0 Å². The van der Waals surface area contributed by atoms with E-state index in [9.17, 15) is 4.79 Å². The van der Waals surface area contributed by atoms with Crippen LogP contribution in [0.15, 0.2) is 42.6 Å². The summed E-state index contributed by atoms with van der Waals surface area (Å²) in [5.41, 5.74) is 5.18. The van der Waals surface area contributed by atoms with Crippen LogP contribution < -0.4 is 0 Å². The smallest absolute Gasteiger partial charge is 0.253 e. The molecule has 27 heavy (non-hydrogen) atoms. The Morgan fingerprint density at radius 2 is 2.04 bits per heavy atom. The van der Waals surface area contributed by atoms with E-state index in [-0.39, 0.29) is 5.91 Å². The van der Waals surface area contributed by atoms with Crippen LogP contribution in [0.4, 0.5) is 0 Å². The summed E-state index contributed by atoms with van der Waals surface area (Å²) in [5.74, 6) is 0.451. The fourth-order valence-corrected chi connectivity index (χ4v) is 3.85. The zero-order valence-electron chi connectivity index (χ0n) is 15.9. The summed E-state index contributed by atoms with van der Waals surface area (Å²) in [6, 6.07) is 12.0. The van der Waals surface area contributed by atoms with Gasteiger partial charge in [-0.15, -0.1) is 0 Å². The molecule has 6 nitrogen and oxygen atoms in total. The highest BCUT2D eigenvalue weighted by molar-refractivity contribution is 5.94. The number of hydrogen-bond donors (Lipinski definition) is 1. The molecule has 1 aliphatic rings. The molecule has 0 bridgehead atoms.